The Bertz CT molecular complexity index is 1020. The van der Waals surface area contributed by atoms with Crippen LogP contribution in [0.4, 0.5) is 10.5 Å². The zero-order chi connectivity index (χ0) is 26.6. The molecule has 2 heterocycles. The molecule has 10 nitrogen and oxygen atoms in total. The summed E-state index contributed by atoms with van der Waals surface area (Å²) in [4.78, 5) is 37.1. The molecule has 0 radical (unpaired) electrons. The number of allylic oxidation sites excluding steroid dienone is 1. The molecule has 0 aromatic heterocycles. The molecular formula is C26H35N3O7S. The van der Waals surface area contributed by atoms with Crippen LogP contribution in [0, 0.1) is 5.92 Å². The van der Waals surface area contributed by atoms with Gasteiger partial charge in [-0.2, -0.15) is 0 Å². The molecule has 1 saturated carbocycles. The van der Waals surface area contributed by atoms with Gasteiger partial charge >= 0.3 is 6.09 Å². The minimum atomic E-state index is -0.790. The lowest BCUT2D eigenvalue weighted by molar-refractivity contribution is -0.120. The van der Waals surface area contributed by atoms with Crippen LogP contribution in [0.15, 0.2) is 40.8 Å². The monoisotopic (exact) mass is 533 g/mol. The molecule has 3 unspecified atom stereocenters. The van der Waals surface area contributed by atoms with Gasteiger partial charge in [0.2, 0.25) is 11.8 Å². The normalized spacial score (nSPS) is 29.8. The van der Waals surface area contributed by atoms with E-state index < -0.39 is 18.1 Å². The zero-order valence-corrected chi connectivity index (χ0v) is 22.2. The summed E-state index contributed by atoms with van der Waals surface area (Å²) in [5, 5.41) is 4.96. The Labute approximate surface area is 221 Å². The standard InChI is InChI=1S/C26H35N3O7S/c1-15(2)4-9-18-24(35-18)22-23(33-3)19(10-11-26(22)14-34-26)36-25(32)29-21(31)13-37-17-7-5-16(6-8-17)28-20(30)12-27/h4-8,18-19,22-24H,9-14,27H2,1-3H3,(H,28,30)(H,29,31,32)/t18-,19?,22?,23?,24+,26+/m1/s1. The van der Waals surface area contributed by atoms with Gasteiger partial charge in [-0.15, -0.1) is 11.8 Å². The number of amides is 3. The fourth-order valence-corrected chi connectivity index (χ4v) is 5.61. The summed E-state index contributed by atoms with van der Waals surface area (Å²) in [5.41, 5.74) is 6.87. The Kier molecular flexibility index (Phi) is 8.91. The molecule has 6 atom stereocenters. The van der Waals surface area contributed by atoms with E-state index in [0.29, 0.717) is 18.7 Å². The van der Waals surface area contributed by atoms with Crippen LogP contribution in [-0.2, 0) is 28.5 Å². The number of thioether (sulfide) groups is 1. The summed E-state index contributed by atoms with van der Waals surface area (Å²) in [6.07, 6.45) is 2.75. The minimum absolute atomic E-state index is 0.00874. The topological polar surface area (TPSA) is 145 Å². The van der Waals surface area contributed by atoms with Gasteiger partial charge < -0.3 is 30.0 Å². The Hall–Kier alpha value is -2.44. The molecule has 3 fully saturated rings. The molecule has 1 aromatic rings. The van der Waals surface area contributed by atoms with E-state index in [-0.39, 0.29) is 48.0 Å². The van der Waals surface area contributed by atoms with Crippen LogP contribution in [0.2, 0.25) is 0 Å². The first kappa shape index (κ1) is 27.6. The Morgan fingerprint density at radius 2 is 1.95 bits per heavy atom. The lowest BCUT2D eigenvalue weighted by Crippen LogP contribution is -2.53. The highest BCUT2D eigenvalue weighted by Gasteiger charge is 2.66. The summed E-state index contributed by atoms with van der Waals surface area (Å²) in [7, 11) is 1.61. The lowest BCUT2D eigenvalue weighted by atomic mass is 9.73. The SMILES string of the molecule is COC1C(OC(=O)NC(=O)CSc2ccc(NC(=O)CN)cc2)CC[C@]2(CO2)C1[C@H]1O[C@@H]1CC=C(C)C. The van der Waals surface area contributed by atoms with Crippen molar-refractivity contribution in [1.82, 2.24) is 5.32 Å². The average Bonchev–Trinajstić information content (AvgIpc) is 3.80. The highest BCUT2D eigenvalue weighted by Crippen LogP contribution is 2.54. The summed E-state index contributed by atoms with van der Waals surface area (Å²) in [5.74, 6) is -0.760. The molecule has 37 heavy (non-hydrogen) atoms. The fourth-order valence-electron chi connectivity index (χ4n) is 4.91. The van der Waals surface area contributed by atoms with Crippen molar-refractivity contribution < 1.29 is 33.3 Å². The van der Waals surface area contributed by atoms with Gasteiger partial charge in [0.1, 0.15) is 12.2 Å². The molecular weight excluding hydrogens is 498 g/mol. The highest BCUT2D eigenvalue weighted by molar-refractivity contribution is 8.00. The van der Waals surface area contributed by atoms with Gasteiger partial charge in [-0.05, 0) is 57.4 Å². The number of hydrogen-bond donors (Lipinski definition) is 3. The van der Waals surface area contributed by atoms with Crippen LogP contribution < -0.4 is 16.4 Å². The molecule has 2 aliphatic heterocycles. The van der Waals surface area contributed by atoms with Gasteiger partial charge in [0.25, 0.3) is 0 Å². The molecule has 1 spiro atoms. The largest absolute Gasteiger partial charge is 0.443 e. The maximum Gasteiger partial charge on any atom is 0.414 e. The van der Waals surface area contributed by atoms with Gasteiger partial charge in [-0.3, -0.25) is 14.9 Å². The Balaban J connectivity index is 1.26. The predicted octanol–water partition coefficient (Wildman–Crippen LogP) is 2.62. The number of carbonyl (C=O) groups is 3. The number of ether oxygens (including phenoxy) is 4. The maximum absolute atomic E-state index is 12.5. The predicted molar refractivity (Wildman–Crippen MR) is 138 cm³/mol. The first-order valence-corrected chi connectivity index (χ1v) is 13.4. The molecule has 202 valence electrons. The number of epoxide rings is 2. The molecule has 11 heteroatoms. The average molecular weight is 534 g/mol. The number of imide groups is 1. The van der Waals surface area contributed by atoms with Crippen LogP contribution in [0.3, 0.4) is 0 Å². The summed E-state index contributed by atoms with van der Waals surface area (Å²) < 4.78 is 23.3. The van der Waals surface area contributed by atoms with E-state index in [1.165, 1.54) is 17.3 Å². The van der Waals surface area contributed by atoms with Crippen molar-refractivity contribution in [2.24, 2.45) is 11.7 Å². The van der Waals surface area contributed by atoms with E-state index in [4.69, 9.17) is 24.7 Å². The Morgan fingerprint density at radius 3 is 2.57 bits per heavy atom. The van der Waals surface area contributed by atoms with Gasteiger partial charge in [-0.1, -0.05) is 11.6 Å². The molecule has 4 rings (SSSR count). The summed E-state index contributed by atoms with van der Waals surface area (Å²) in [6, 6.07) is 6.98. The van der Waals surface area contributed by atoms with Crippen molar-refractivity contribution in [3.05, 3.63) is 35.9 Å². The van der Waals surface area contributed by atoms with Crippen LogP contribution in [0.1, 0.15) is 33.1 Å². The second-order valence-corrected chi connectivity index (χ2v) is 10.9. The van der Waals surface area contributed by atoms with Gasteiger partial charge in [0, 0.05) is 23.6 Å². The van der Waals surface area contributed by atoms with E-state index in [1.54, 1.807) is 31.4 Å². The maximum atomic E-state index is 12.5. The molecule has 3 amide bonds. The second kappa shape index (κ2) is 12.0. The van der Waals surface area contributed by atoms with Gasteiger partial charge in [-0.25, -0.2) is 4.79 Å². The van der Waals surface area contributed by atoms with Crippen molar-refractivity contribution in [2.45, 2.75) is 68.0 Å². The van der Waals surface area contributed by atoms with E-state index in [0.717, 1.165) is 17.7 Å². The van der Waals surface area contributed by atoms with Crippen molar-refractivity contribution in [3.63, 3.8) is 0 Å². The number of carbonyl (C=O) groups excluding carboxylic acids is 3. The van der Waals surface area contributed by atoms with E-state index in [9.17, 15) is 14.4 Å². The van der Waals surface area contributed by atoms with Crippen molar-refractivity contribution in [2.75, 3.05) is 31.3 Å². The molecule has 4 N–H and O–H groups in total. The van der Waals surface area contributed by atoms with Crippen LogP contribution in [0.25, 0.3) is 0 Å². The fraction of sp³-hybridized carbons (Fsp3) is 0.577. The zero-order valence-electron chi connectivity index (χ0n) is 21.4. The smallest absolute Gasteiger partial charge is 0.414 e. The van der Waals surface area contributed by atoms with E-state index in [2.05, 4.69) is 30.6 Å². The second-order valence-electron chi connectivity index (χ2n) is 9.83. The van der Waals surface area contributed by atoms with Crippen molar-refractivity contribution in [1.29, 1.82) is 0 Å². The lowest BCUT2D eigenvalue weighted by Gasteiger charge is -2.39. The molecule has 3 aliphatic rings. The number of alkyl carbamates (subject to hydrolysis) is 1. The number of hydrogen-bond acceptors (Lipinski definition) is 9. The third kappa shape index (κ3) is 7.11. The molecule has 0 bridgehead atoms. The quantitative estimate of drug-likeness (QED) is 0.235. The van der Waals surface area contributed by atoms with Gasteiger partial charge in [0.05, 0.1) is 36.7 Å². The number of nitrogens with two attached hydrogens (primary N) is 1. The number of anilines is 1. The third-order valence-corrected chi connectivity index (χ3v) is 7.91. The number of rotatable bonds is 10. The summed E-state index contributed by atoms with van der Waals surface area (Å²) >= 11 is 1.26. The highest BCUT2D eigenvalue weighted by atomic mass is 32.2. The van der Waals surface area contributed by atoms with Crippen molar-refractivity contribution in [3.8, 4) is 0 Å². The molecule has 1 aliphatic carbocycles. The first-order chi connectivity index (χ1) is 17.7. The summed E-state index contributed by atoms with van der Waals surface area (Å²) in [6.45, 7) is 4.68. The van der Waals surface area contributed by atoms with Crippen molar-refractivity contribution >= 4 is 35.4 Å². The van der Waals surface area contributed by atoms with Gasteiger partial charge in [0.15, 0.2) is 0 Å². The molecule has 2 saturated heterocycles. The first-order valence-electron chi connectivity index (χ1n) is 12.4. The van der Waals surface area contributed by atoms with Crippen LogP contribution >= 0.6 is 11.8 Å². The minimum Gasteiger partial charge on any atom is -0.443 e. The number of benzene rings is 1. The van der Waals surface area contributed by atoms with Crippen LogP contribution in [-0.4, -0.2) is 73.9 Å². The molecule has 1 aromatic carbocycles. The Morgan fingerprint density at radius 1 is 1.22 bits per heavy atom. The van der Waals surface area contributed by atoms with E-state index in [1.807, 2.05) is 0 Å². The number of methoxy groups -OCH3 is 1. The third-order valence-electron chi connectivity index (χ3n) is 6.89. The van der Waals surface area contributed by atoms with Crippen LogP contribution in [0.5, 0.6) is 0 Å². The number of nitrogens with one attached hydrogen (secondary N) is 2. The van der Waals surface area contributed by atoms with E-state index >= 15 is 0 Å².